The summed E-state index contributed by atoms with van der Waals surface area (Å²) in [5, 5.41) is 8.61. The summed E-state index contributed by atoms with van der Waals surface area (Å²) in [6.07, 6.45) is 2.35. The smallest absolute Gasteiger partial charge is 0.303 e. The Labute approximate surface area is 66.6 Å². The molecule has 0 radical (unpaired) electrons. The third-order valence-electron chi connectivity index (χ3n) is 3.03. The van der Waals surface area contributed by atoms with Gasteiger partial charge in [0, 0.05) is 0 Å². The molecule has 2 atom stereocenters. The maximum Gasteiger partial charge on any atom is 0.303 e. The minimum atomic E-state index is -0.720. The first-order valence-electron chi connectivity index (χ1n) is 4.02. The van der Waals surface area contributed by atoms with Crippen molar-refractivity contribution in [2.24, 2.45) is 17.1 Å². The van der Waals surface area contributed by atoms with E-state index in [1.165, 1.54) is 0 Å². The van der Waals surface area contributed by atoms with Gasteiger partial charge in [-0.1, -0.05) is 6.92 Å². The first kappa shape index (κ1) is 8.53. The highest BCUT2D eigenvalue weighted by Gasteiger charge is 2.44. The van der Waals surface area contributed by atoms with Gasteiger partial charge in [0.2, 0.25) is 0 Å². The maximum absolute atomic E-state index is 10.5. The topological polar surface area (TPSA) is 63.3 Å². The average molecular weight is 157 g/mol. The first-order chi connectivity index (χ1) is 5.10. The number of carboxylic acid groups (broad SMARTS) is 1. The van der Waals surface area contributed by atoms with Gasteiger partial charge in [-0.05, 0) is 30.7 Å². The van der Waals surface area contributed by atoms with Gasteiger partial charge in [0.1, 0.15) is 0 Å². The van der Waals surface area contributed by atoms with Gasteiger partial charge in [-0.2, -0.15) is 0 Å². The van der Waals surface area contributed by atoms with E-state index in [9.17, 15) is 4.79 Å². The van der Waals surface area contributed by atoms with Crippen LogP contribution in [-0.4, -0.2) is 17.6 Å². The highest BCUT2D eigenvalue weighted by atomic mass is 16.4. The molecule has 1 unspecified atom stereocenters. The molecule has 3 heteroatoms. The second kappa shape index (κ2) is 2.81. The zero-order valence-electron chi connectivity index (χ0n) is 6.84. The quantitative estimate of drug-likeness (QED) is 0.638. The molecule has 0 spiro atoms. The molecule has 0 aromatic heterocycles. The SMILES string of the molecule is CC1CC[C@]1(CN)CC(=O)O. The van der Waals surface area contributed by atoms with Crippen molar-refractivity contribution in [2.45, 2.75) is 26.2 Å². The summed E-state index contributed by atoms with van der Waals surface area (Å²) in [5.41, 5.74) is 5.47. The summed E-state index contributed by atoms with van der Waals surface area (Å²) in [6.45, 7) is 2.60. The molecule has 0 aliphatic heterocycles. The molecule has 11 heavy (non-hydrogen) atoms. The molecule has 1 aliphatic rings. The number of aliphatic carboxylic acids is 1. The molecule has 0 aromatic carbocycles. The van der Waals surface area contributed by atoms with Crippen LogP contribution in [0.3, 0.4) is 0 Å². The molecule has 3 N–H and O–H groups in total. The summed E-state index contributed by atoms with van der Waals surface area (Å²) < 4.78 is 0. The van der Waals surface area contributed by atoms with Gasteiger partial charge >= 0.3 is 5.97 Å². The number of nitrogens with two attached hydrogens (primary N) is 1. The van der Waals surface area contributed by atoms with Crippen LogP contribution < -0.4 is 5.73 Å². The van der Waals surface area contributed by atoms with Crippen molar-refractivity contribution in [1.29, 1.82) is 0 Å². The van der Waals surface area contributed by atoms with Crippen LogP contribution in [0.1, 0.15) is 26.2 Å². The number of carboxylic acids is 1. The molecule has 3 nitrogen and oxygen atoms in total. The Hall–Kier alpha value is -0.570. The molecule has 0 heterocycles. The molecule has 0 saturated heterocycles. The van der Waals surface area contributed by atoms with Gasteiger partial charge in [0.15, 0.2) is 0 Å². The molecule has 0 aromatic rings. The zero-order chi connectivity index (χ0) is 8.48. The van der Waals surface area contributed by atoms with E-state index in [-0.39, 0.29) is 11.8 Å². The van der Waals surface area contributed by atoms with Gasteiger partial charge in [-0.3, -0.25) is 4.79 Å². The lowest BCUT2D eigenvalue weighted by molar-refractivity contribution is -0.143. The lowest BCUT2D eigenvalue weighted by Gasteiger charge is -2.46. The van der Waals surface area contributed by atoms with Crippen molar-refractivity contribution < 1.29 is 9.90 Å². The van der Waals surface area contributed by atoms with E-state index in [2.05, 4.69) is 6.92 Å². The summed E-state index contributed by atoms with van der Waals surface area (Å²) in [7, 11) is 0. The van der Waals surface area contributed by atoms with Crippen molar-refractivity contribution >= 4 is 5.97 Å². The molecule has 0 bridgehead atoms. The van der Waals surface area contributed by atoms with Gasteiger partial charge in [-0.25, -0.2) is 0 Å². The second-order valence-corrected chi connectivity index (χ2v) is 3.58. The molecule has 0 amide bonds. The van der Waals surface area contributed by atoms with Gasteiger partial charge < -0.3 is 10.8 Å². The van der Waals surface area contributed by atoms with E-state index in [1.807, 2.05) is 0 Å². The average Bonchev–Trinajstić information content (AvgIpc) is 1.96. The van der Waals surface area contributed by atoms with E-state index in [0.29, 0.717) is 12.5 Å². The van der Waals surface area contributed by atoms with E-state index in [1.54, 1.807) is 0 Å². The summed E-state index contributed by atoms with van der Waals surface area (Å²) in [4.78, 5) is 10.5. The standard InChI is InChI=1S/C8H15NO2/c1-6-2-3-8(6,5-9)4-7(10)11/h6H,2-5,9H2,1H3,(H,10,11)/t6?,8-/m1/s1. The zero-order valence-corrected chi connectivity index (χ0v) is 6.84. The Morgan fingerprint density at radius 1 is 1.82 bits per heavy atom. The van der Waals surface area contributed by atoms with E-state index >= 15 is 0 Å². The fraction of sp³-hybridized carbons (Fsp3) is 0.875. The first-order valence-corrected chi connectivity index (χ1v) is 4.02. The molecule has 1 fully saturated rings. The third-order valence-corrected chi connectivity index (χ3v) is 3.03. The lowest BCUT2D eigenvalue weighted by atomic mass is 9.59. The van der Waals surface area contributed by atoms with Crippen molar-refractivity contribution in [1.82, 2.24) is 0 Å². The van der Waals surface area contributed by atoms with E-state index in [0.717, 1.165) is 12.8 Å². The Bertz CT molecular complexity index is 165. The molecule has 1 aliphatic carbocycles. The van der Waals surface area contributed by atoms with Crippen molar-refractivity contribution in [3.63, 3.8) is 0 Å². The van der Waals surface area contributed by atoms with E-state index in [4.69, 9.17) is 10.8 Å². The van der Waals surface area contributed by atoms with Gasteiger partial charge in [0.05, 0.1) is 6.42 Å². The predicted molar refractivity (Wildman–Crippen MR) is 42.1 cm³/mol. The van der Waals surface area contributed by atoms with Crippen LogP contribution >= 0.6 is 0 Å². The minimum absolute atomic E-state index is 0.0775. The Kier molecular flexibility index (Phi) is 2.18. The maximum atomic E-state index is 10.5. The monoisotopic (exact) mass is 157 g/mol. The van der Waals surface area contributed by atoms with Crippen LogP contribution in [0.25, 0.3) is 0 Å². The molecule has 1 rings (SSSR count). The van der Waals surface area contributed by atoms with Gasteiger partial charge in [0.25, 0.3) is 0 Å². The van der Waals surface area contributed by atoms with Crippen LogP contribution in [0.2, 0.25) is 0 Å². The molecule has 64 valence electrons. The Balaban J connectivity index is 2.54. The third kappa shape index (κ3) is 1.38. The fourth-order valence-electron chi connectivity index (χ4n) is 1.78. The Morgan fingerprint density at radius 2 is 2.45 bits per heavy atom. The molecular formula is C8H15NO2. The molecule has 1 saturated carbocycles. The van der Waals surface area contributed by atoms with Gasteiger partial charge in [-0.15, -0.1) is 0 Å². The van der Waals surface area contributed by atoms with Crippen LogP contribution in [0.15, 0.2) is 0 Å². The van der Waals surface area contributed by atoms with Crippen molar-refractivity contribution in [3.05, 3.63) is 0 Å². The second-order valence-electron chi connectivity index (χ2n) is 3.58. The minimum Gasteiger partial charge on any atom is -0.481 e. The van der Waals surface area contributed by atoms with Crippen LogP contribution in [-0.2, 0) is 4.79 Å². The van der Waals surface area contributed by atoms with Crippen LogP contribution in [0.5, 0.6) is 0 Å². The van der Waals surface area contributed by atoms with Crippen LogP contribution in [0.4, 0.5) is 0 Å². The highest BCUT2D eigenvalue weighted by Crippen LogP contribution is 2.48. The normalized spacial score (nSPS) is 36.4. The summed E-state index contributed by atoms with van der Waals surface area (Å²) >= 11 is 0. The van der Waals surface area contributed by atoms with Crippen LogP contribution in [0, 0.1) is 11.3 Å². The predicted octanol–water partition coefficient (Wildman–Crippen LogP) is 0.836. The summed E-state index contributed by atoms with van der Waals surface area (Å²) in [5.74, 6) is -0.231. The number of hydrogen-bond acceptors (Lipinski definition) is 2. The number of hydrogen-bond donors (Lipinski definition) is 2. The number of carbonyl (C=O) groups is 1. The number of rotatable bonds is 3. The highest BCUT2D eigenvalue weighted by molar-refractivity contribution is 5.68. The van der Waals surface area contributed by atoms with E-state index < -0.39 is 5.97 Å². The lowest BCUT2D eigenvalue weighted by Crippen LogP contribution is -2.46. The largest absolute Gasteiger partial charge is 0.481 e. The summed E-state index contributed by atoms with van der Waals surface area (Å²) in [6, 6.07) is 0. The molecular weight excluding hydrogens is 142 g/mol. The van der Waals surface area contributed by atoms with Crippen molar-refractivity contribution in [2.75, 3.05) is 6.54 Å². The van der Waals surface area contributed by atoms with Crippen molar-refractivity contribution in [3.8, 4) is 0 Å². The Morgan fingerprint density at radius 3 is 2.55 bits per heavy atom. The fourth-order valence-corrected chi connectivity index (χ4v) is 1.78.